The molecule has 1 aliphatic rings. The first-order valence-corrected chi connectivity index (χ1v) is 9.35. The SMILES string of the molecule is CCNC(=O)C(CCc1ccccc1)NSCC1=NC=CCC=C1. The standard InChI is InChI=1S/C19H25N3OS/c1-2-20-19(23)18(13-12-16-9-5-3-6-10-16)22-24-15-17-11-7-4-8-14-21-17/h3,5-11,14,18,22H,2,4,12-13,15H2,1H3,(H,20,23). The highest BCUT2D eigenvalue weighted by atomic mass is 32.2. The summed E-state index contributed by atoms with van der Waals surface area (Å²) < 4.78 is 3.31. The lowest BCUT2D eigenvalue weighted by Crippen LogP contribution is -2.42. The number of rotatable bonds is 9. The van der Waals surface area contributed by atoms with Crippen molar-refractivity contribution in [2.75, 3.05) is 12.3 Å². The number of amides is 1. The van der Waals surface area contributed by atoms with Crippen molar-refractivity contribution < 1.29 is 4.79 Å². The summed E-state index contributed by atoms with van der Waals surface area (Å²) in [4.78, 5) is 16.6. The first kappa shape index (κ1) is 18.5. The maximum absolute atomic E-state index is 12.3. The molecule has 1 amide bonds. The van der Waals surface area contributed by atoms with Gasteiger partial charge >= 0.3 is 0 Å². The Morgan fingerprint density at radius 1 is 1.29 bits per heavy atom. The molecule has 0 fully saturated rings. The monoisotopic (exact) mass is 343 g/mol. The normalized spacial score (nSPS) is 14.8. The molecule has 24 heavy (non-hydrogen) atoms. The zero-order valence-corrected chi connectivity index (χ0v) is 14.9. The molecular formula is C19H25N3OS. The van der Waals surface area contributed by atoms with Crippen LogP contribution in [0.25, 0.3) is 0 Å². The van der Waals surface area contributed by atoms with E-state index in [0.717, 1.165) is 30.7 Å². The number of likely N-dealkylation sites (N-methyl/N-ethyl adjacent to an activating group) is 1. The van der Waals surface area contributed by atoms with Gasteiger partial charge in [0, 0.05) is 12.7 Å². The summed E-state index contributed by atoms with van der Waals surface area (Å²) in [5.74, 6) is 0.793. The molecule has 5 heteroatoms. The molecule has 0 radical (unpaired) electrons. The quantitative estimate of drug-likeness (QED) is 0.677. The summed E-state index contributed by atoms with van der Waals surface area (Å²) in [7, 11) is 0. The largest absolute Gasteiger partial charge is 0.355 e. The van der Waals surface area contributed by atoms with Gasteiger partial charge in [0.15, 0.2) is 0 Å². The molecule has 1 aromatic carbocycles. The Kier molecular flexibility index (Phi) is 8.35. The Morgan fingerprint density at radius 2 is 2.12 bits per heavy atom. The third kappa shape index (κ3) is 6.72. The van der Waals surface area contributed by atoms with Gasteiger partial charge in [-0.2, -0.15) is 0 Å². The minimum absolute atomic E-state index is 0.0548. The third-order valence-electron chi connectivity index (χ3n) is 3.61. The van der Waals surface area contributed by atoms with E-state index < -0.39 is 0 Å². The molecule has 1 aliphatic heterocycles. The Bertz CT molecular complexity index is 596. The lowest BCUT2D eigenvalue weighted by Gasteiger charge is -2.17. The summed E-state index contributed by atoms with van der Waals surface area (Å²) in [6.07, 6.45) is 10.6. The van der Waals surface area contributed by atoms with Crippen molar-refractivity contribution in [2.24, 2.45) is 4.99 Å². The zero-order chi connectivity index (χ0) is 17.0. The number of aryl methyl sites for hydroxylation is 1. The van der Waals surface area contributed by atoms with Crippen LogP contribution in [0.3, 0.4) is 0 Å². The van der Waals surface area contributed by atoms with Crippen LogP contribution in [0.15, 0.2) is 59.8 Å². The summed E-state index contributed by atoms with van der Waals surface area (Å²) >= 11 is 1.54. The predicted octanol–water partition coefficient (Wildman–Crippen LogP) is 3.28. The number of nitrogens with one attached hydrogen (secondary N) is 2. The highest BCUT2D eigenvalue weighted by Crippen LogP contribution is 2.09. The van der Waals surface area contributed by atoms with Gasteiger partial charge in [-0.1, -0.05) is 54.4 Å². The van der Waals surface area contributed by atoms with Crippen LogP contribution in [0.5, 0.6) is 0 Å². The number of hydrogen-bond donors (Lipinski definition) is 2. The van der Waals surface area contributed by atoms with E-state index in [1.165, 1.54) is 17.5 Å². The van der Waals surface area contributed by atoms with Gasteiger partial charge in [-0.15, -0.1) is 0 Å². The van der Waals surface area contributed by atoms with Gasteiger partial charge in [0.05, 0.1) is 17.5 Å². The molecule has 1 unspecified atom stereocenters. The number of allylic oxidation sites excluding steroid dienone is 3. The summed E-state index contributed by atoms with van der Waals surface area (Å²) in [5, 5.41) is 2.91. The molecule has 2 rings (SSSR count). The van der Waals surface area contributed by atoms with Crippen molar-refractivity contribution in [3.63, 3.8) is 0 Å². The van der Waals surface area contributed by atoms with Gasteiger partial charge in [-0.05, 0) is 37.8 Å². The molecule has 0 saturated heterocycles. The predicted molar refractivity (Wildman–Crippen MR) is 103 cm³/mol. The number of carbonyl (C=O) groups excluding carboxylic acids is 1. The maximum Gasteiger partial charge on any atom is 0.237 e. The number of aliphatic imine (C=N–C) groups is 1. The first-order valence-electron chi connectivity index (χ1n) is 8.36. The molecule has 0 aromatic heterocycles. The molecule has 4 nitrogen and oxygen atoms in total. The fourth-order valence-electron chi connectivity index (χ4n) is 2.33. The fraction of sp³-hybridized carbons (Fsp3) is 0.368. The molecule has 0 spiro atoms. The van der Waals surface area contributed by atoms with E-state index in [9.17, 15) is 4.79 Å². The van der Waals surface area contributed by atoms with Gasteiger partial charge in [0.25, 0.3) is 0 Å². The third-order valence-corrected chi connectivity index (χ3v) is 4.50. The minimum atomic E-state index is -0.207. The van der Waals surface area contributed by atoms with Gasteiger partial charge in [0.2, 0.25) is 5.91 Å². The molecule has 0 bridgehead atoms. The average molecular weight is 343 g/mol. The van der Waals surface area contributed by atoms with Gasteiger partial charge in [-0.3, -0.25) is 14.5 Å². The van der Waals surface area contributed by atoms with E-state index in [1.807, 2.05) is 43.5 Å². The lowest BCUT2D eigenvalue weighted by molar-refractivity contribution is -0.122. The van der Waals surface area contributed by atoms with Crippen molar-refractivity contribution in [3.05, 3.63) is 60.3 Å². The molecule has 1 atom stereocenters. The maximum atomic E-state index is 12.3. The number of nitrogens with zero attached hydrogens (tertiary/aromatic N) is 1. The van der Waals surface area contributed by atoms with Gasteiger partial charge in [-0.25, -0.2) is 0 Å². The van der Waals surface area contributed by atoms with E-state index >= 15 is 0 Å². The van der Waals surface area contributed by atoms with E-state index in [-0.39, 0.29) is 11.9 Å². The van der Waals surface area contributed by atoms with E-state index in [0.29, 0.717) is 6.54 Å². The molecule has 1 aromatic rings. The van der Waals surface area contributed by atoms with Crippen LogP contribution in [0, 0.1) is 0 Å². The number of hydrogen-bond acceptors (Lipinski definition) is 4. The average Bonchev–Trinajstić information content (AvgIpc) is 2.88. The molecule has 0 saturated carbocycles. The second kappa shape index (κ2) is 10.8. The van der Waals surface area contributed by atoms with Gasteiger partial charge in [0.1, 0.15) is 0 Å². The van der Waals surface area contributed by atoms with Crippen LogP contribution in [-0.4, -0.2) is 30.0 Å². The van der Waals surface area contributed by atoms with Gasteiger partial charge < -0.3 is 5.32 Å². The number of benzene rings is 1. The lowest BCUT2D eigenvalue weighted by atomic mass is 10.1. The van der Waals surface area contributed by atoms with Crippen molar-refractivity contribution in [2.45, 2.75) is 32.2 Å². The highest BCUT2D eigenvalue weighted by Gasteiger charge is 2.17. The molecule has 0 aliphatic carbocycles. The smallest absolute Gasteiger partial charge is 0.237 e. The van der Waals surface area contributed by atoms with Crippen molar-refractivity contribution in [3.8, 4) is 0 Å². The Labute approximate surface area is 148 Å². The second-order valence-corrected chi connectivity index (χ2v) is 6.33. The molecule has 2 N–H and O–H groups in total. The van der Waals surface area contributed by atoms with Crippen LogP contribution < -0.4 is 10.0 Å². The zero-order valence-electron chi connectivity index (χ0n) is 14.1. The minimum Gasteiger partial charge on any atom is -0.355 e. The van der Waals surface area contributed by atoms with Crippen LogP contribution in [-0.2, 0) is 11.2 Å². The fourth-order valence-corrected chi connectivity index (χ4v) is 3.16. The van der Waals surface area contributed by atoms with E-state index in [4.69, 9.17) is 0 Å². The first-order chi connectivity index (χ1) is 11.8. The Hall–Kier alpha value is -1.85. The topological polar surface area (TPSA) is 53.5 Å². The van der Waals surface area contributed by atoms with E-state index in [1.54, 1.807) is 0 Å². The van der Waals surface area contributed by atoms with Crippen molar-refractivity contribution >= 4 is 23.6 Å². The van der Waals surface area contributed by atoms with E-state index in [2.05, 4.69) is 33.2 Å². The molecule has 128 valence electrons. The Balaban J connectivity index is 1.84. The summed E-state index contributed by atoms with van der Waals surface area (Å²) in [6, 6.07) is 10.1. The molecular weight excluding hydrogens is 318 g/mol. The summed E-state index contributed by atoms with van der Waals surface area (Å²) in [5.41, 5.74) is 2.26. The Morgan fingerprint density at radius 3 is 2.92 bits per heavy atom. The summed E-state index contributed by atoms with van der Waals surface area (Å²) in [6.45, 7) is 2.59. The van der Waals surface area contributed by atoms with Crippen molar-refractivity contribution in [1.82, 2.24) is 10.0 Å². The molecule has 1 heterocycles. The van der Waals surface area contributed by atoms with Crippen LogP contribution in [0.2, 0.25) is 0 Å². The van der Waals surface area contributed by atoms with Crippen LogP contribution in [0.1, 0.15) is 25.3 Å². The highest BCUT2D eigenvalue weighted by molar-refractivity contribution is 7.98. The second-order valence-electron chi connectivity index (χ2n) is 5.52. The van der Waals surface area contributed by atoms with Crippen LogP contribution in [0.4, 0.5) is 0 Å². The van der Waals surface area contributed by atoms with Crippen molar-refractivity contribution in [1.29, 1.82) is 0 Å². The van der Waals surface area contributed by atoms with Crippen LogP contribution >= 0.6 is 11.9 Å². The number of carbonyl (C=O) groups is 1.